The number of pyridine rings is 1. The number of aromatic nitrogens is 1. The van der Waals surface area contributed by atoms with Gasteiger partial charge in [-0.05, 0) is 35.7 Å². The van der Waals surface area contributed by atoms with Crippen molar-refractivity contribution in [1.82, 2.24) is 9.88 Å². The van der Waals surface area contributed by atoms with E-state index in [-0.39, 0.29) is 11.5 Å². The summed E-state index contributed by atoms with van der Waals surface area (Å²) in [5, 5.41) is 0.321. The van der Waals surface area contributed by atoms with Crippen LogP contribution in [0, 0.1) is 0 Å². The van der Waals surface area contributed by atoms with Crippen molar-refractivity contribution in [3.05, 3.63) is 56.5 Å². The fourth-order valence-electron chi connectivity index (χ4n) is 2.84. The van der Waals surface area contributed by atoms with Crippen LogP contribution in [0.2, 0.25) is 5.02 Å². The van der Waals surface area contributed by atoms with E-state index in [4.69, 9.17) is 21.1 Å². The molecule has 0 bridgehead atoms. The largest absolute Gasteiger partial charge is 0.493 e. The van der Waals surface area contributed by atoms with Gasteiger partial charge in [-0.3, -0.25) is 9.59 Å². The molecule has 2 aromatic rings. The summed E-state index contributed by atoms with van der Waals surface area (Å²) in [7, 11) is 3.16. The standard InChI is InChI=1S/C17H17ClN2O4/c1-23-14-5-10-3-4-20(9-11(10)6-15(14)24-2)17(22)13-7-12(18)8-19-16(13)21/h5-8H,3-4,9H2,1-2H3,(H,19,21). The van der Waals surface area contributed by atoms with Crippen LogP contribution in [0.15, 0.2) is 29.2 Å². The summed E-state index contributed by atoms with van der Waals surface area (Å²) in [5.74, 6) is 0.952. The van der Waals surface area contributed by atoms with Crippen molar-refractivity contribution in [2.75, 3.05) is 20.8 Å². The molecule has 0 saturated carbocycles. The van der Waals surface area contributed by atoms with Gasteiger partial charge in [-0.15, -0.1) is 0 Å². The molecule has 6 nitrogen and oxygen atoms in total. The molecule has 7 heteroatoms. The summed E-state index contributed by atoms with van der Waals surface area (Å²) in [5.41, 5.74) is 1.69. The first kappa shape index (κ1) is 16.4. The van der Waals surface area contributed by atoms with Crippen molar-refractivity contribution in [2.45, 2.75) is 13.0 Å². The number of nitrogens with one attached hydrogen (secondary N) is 1. The van der Waals surface area contributed by atoms with E-state index in [1.54, 1.807) is 19.1 Å². The summed E-state index contributed by atoms with van der Waals surface area (Å²) in [4.78, 5) is 28.6. The summed E-state index contributed by atoms with van der Waals surface area (Å²) in [6.07, 6.45) is 2.04. The fourth-order valence-corrected chi connectivity index (χ4v) is 3.01. The molecule has 1 aliphatic rings. The second-order valence-corrected chi connectivity index (χ2v) is 5.95. The molecule has 0 aliphatic carbocycles. The van der Waals surface area contributed by atoms with Crippen molar-refractivity contribution >= 4 is 17.5 Å². The van der Waals surface area contributed by atoms with Gasteiger partial charge >= 0.3 is 0 Å². The molecule has 2 heterocycles. The molecule has 126 valence electrons. The molecular weight excluding hydrogens is 332 g/mol. The van der Waals surface area contributed by atoms with Crippen molar-refractivity contribution < 1.29 is 14.3 Å². The number of H-pyrrole nitrogens is 1. The highest BCUT2D eigenvalue weighted by Gasteiger charge is 2.25. The molecule has 1 amide bonds. The number of rotatable bonds is 3. The number of hydrogen-bond donors (Lipinski definition) is 1. The normalized spacial score (nSPS) is 13.4. The molecule has 0 spiro atoms. The molecule has 1 aliphatic heterocycles. The number of fused-ring (bicyclic) bond motifs is 1. The monoisotopic (exact) mass is 348 g/mol. The van der Waals surface area contributed by atoms with Crippen LogP contribution in [0.1, 0.15) is 21.5 Å². The van der Waals surface area contributed by atoms with Crippen LogP contribution < -0.4 is 15.0 Å². The molecule has 1 N–H and O–H groups in total. The third-order valence-electron chi connectivity index (χ3n) is 4.10. The summed E-state index contributed by atoms with van der Waals surface area (Å²) in [6.45, 7) is 0.924. The Morgan fingerprint density at radius 1 is 1.17 bits per heavy atom. The van der Waals surface area contributed by atoms with Crippen LogP contribution in [-0.4, -0.2) is 36.6 Å². The zero-order chi connectivity index (χ0) is 17.3. The van der Waals surface area contributed by atoms with Gasteiger partial charge < -0.3 is 19.4 Å². The molecule has 24 heavy (non-hydrogen) atoms. The van der Waals surface area contributed by atoms with E-state index in [1.165, 1.54) is 12.3 Å². The first-order valence-corrected chi connectivity index (χ1v) is 7.82. The zero-order valence-electron chi connectivity index (χ0n) is 13.4. The quantitative estimate of drug-likeness (QED) is 0.923. The first-order valence-electron chi connectivity index (χ1n) is 7.44. The molecular formula is C17H17ClN2O4. The third-order valence-corrected chi connectivity index (χ3v) is 4.32. The molecule has 1 aromatic heterocycles. The minimum atomic E-state index is -0.442. The Hall–Kier alpha value is -2.47. The van der Waals surface area contributed by atoms with Crippen LogP contribution in [0.5, 0.6) is 11.5 Å². The topological polar surface area (TPSA) is 71.6 Å². The van der Waals surface area contributed by atoms with Crippen molar-refractivity contribution in [2.24, 2.45) is 0 Å². The zero-order valence-corrected chi connectivity index (χ0v) is 14.1. The Balaban J connectivity index is 1.90. The van der Waals surface area contributed by atoms with Crippen molar-refractivity contribution in [3.63, 3.8) is 0 Å². The highest BCUT2D eigenvalue weighted by molar-refractivity contribution is 6.30. The highest BCUT2D eigenvalue weighted by atomic mass is 35.5. The maximum atomic E-state index is 12.7. The Morgan fingerprint density at radius 2 is 1.83 bits per heavy atom. The SMILES string of the molecule is COc1cc2c(cc1OC)CN(C(=O)c1cc(Cl)c[nH]c1=O)CC2. The lowest BCUT2D eigenvalue weighted by molar-refractivity contribution is 0.0732. The van der Waals surface area contributed by atoms with E-state index in [0.29, 0.717) is 36.0 Å². The Kier molecular flexibility index (Phi) is 4.49. The molecule has 0 atom stereocenters. The first-order chi connectivity index (χ1) is 11.5. The molecule has 0 unspecified atom stereocenters. The van der Waals surface area contributed by atoms with Crippen LogP contribution in [0.25, 0.3) is 0 Å². The van der Waals surface area contributed by atoms with Crippen molar-refractivity contribution in [3.8, 4) is 11.5 Å². The minimum Gasteiger partial charge on any atom is -0.493 e. The van der Waals surface area contributed by atoms with Crippen LogP contribution in [0.4, 0.5) is 0 Å². The number of methoxy groups -OCH3 is 2. The summed E-state index contributed by atoms with van der Waals surface area (Å²) >= 11 is 5.88. The van der Waals surface area contributed by atoms with Gasteiger partial charge in [0.2, 0.25) is 0 Å². The summed E-state index contributed by atoms with van der Waals surface area (Å²) < 4.78 is 10.6. The number of carbonyl (C=O) groups excluding carboxylic acids is 1. The maximum Gasteiger partial charge on any atom is 0.260 e. The van der Waals surface area contributed by atoms with Crippen LogP contribution in [-0.2, 0) is 13.0 Å². The number of benzene rings is 1. The number of ether oxygens (including phenoxy) is 2. The van der Waals surface area contributed by atoms with Crippen LogP contribution >= 0.6 is 11.6 Å². The van der Waals surface area contributed by atoms with Gasteiger partial charge in [-0.25, -0.2) is 0 Å². The predicted octanol–water partition coefficient (Wildman–Crippen LogP) is 2.24. The van der Waals surface area contributed by atoms with E-state index in [9.17, 15) is 9.59 Å². The van der Waals surface area contributed by atoms with Gasteiger partial charge in [0.05, 0.1) is 19.2 Å². The molecule has 1 aromatic carbocycles. The van der Waals surface area contributed by atoms with E-state index in [1.807, 2.05) is 12.1 Å². The lowest BCUT2D eigenvalue weighted by atomic mass is 9.98. The average molecular weight is 349 g/mol. The number of halogens is 1. The minimum absolute atomic E-state index is 0.0476. The lowest BCUT2D eigenvalue weighted by Crippen LogP contribution is -2.38. The molecule has 3 rings (SSSR count). The predicted molar refractivity (Wildman–Crippen MR) is 90.1 cm³/mol. The third kappa shape index (κ3) is 2.97. The number of aromatic amines is 1. The maximum absolute atomic E-state index is 12.7. The molecule has 0 radical (unpaired) electrons. The van der Waals surface area contributed by atoms with Gasteiger partial charge in [0.15, 0.2) is 11.5 Å². The number of nitrogens with zero attached hydrogens (tertiary/aromatic N) is 1. The van der Waals surface area contributed by atoms with Crippen LogP contribution in [0.3, 0.4) is 0 Å². The second-order valence-electron chi connectivity index (χ2n) is 5.51. The number of carbonyl (C=O) groups is 1. The van der Waals surface area contributed by atoms with Gasteiger partial charge in [0, 0.05) is 19.3 Å². The van der Waals surface area contributed by atoms with E-state index in [0.717, 1.165) is 11.1 Å². The van der Waals surface area contributed by atoms with Gasteiger partial charge in [0.25, 0.3) is 11.5 Å². The second kappa shape index (κ2) is 6.57. The fraction of sp³-hybridized carbons (Fsp3) is 0.294. The van der Waals surface area contributed by atoms with E-state index < -0.39 is 5.56 Å². The van der Waals surface area contributed by atoms with Crippen molar-refractivity contribution in [1.29, 1.82) is 0 Å². The van der Waals surface area contributed by atoms with Gasteiger partial charge in [0.1, 0.15) is 5.56 Å². The van der Waals surface area contributed by atoms with E-state index in [2.05, 4.69) is 4.98 Å². The summed E-state index contributed by atoms with van der Waals surface area (Å²) in [6, 6.07) is 5.20. The Bertz CT molecular complexity index is 847. The number of amides is 1. The van der Waals surface area contributed by atoms with E-state index >= 15 is 0 Å². The Morgan fingerprint density at radius 3 is 2.50 bits per heavy atom. The number of hydrogen-bond acceptors (Lipinski definition) is 4. The van der Waals surface area contributed by atoms with Gasteiger partial charge in [-0.1, -0.05) is 11.6 Å². The molecule has 0 fully saturated rings. The Labute approximate surface area is 144 Å². The highest BCUT2D eigenvalue weighted by Crippen LogP contribution is 2.33. The lowest BCUT2D eigenvalue weighted by Gasteiger charge is -2.29. The smallest absolute Gasteiger partial charge is 0.260 e. The van der Waals surface area contributed by atoms with Gasteiger partial charge in [-0.2, -0.15) is 0 Å². The molecule has 0 saturated heterocycles. The average Bonchev–Trinajstić information content (AvgIpc) is 2.61.